The van der Waals surface area contributed by atoms with Crippen LogP contribution in [0.5, 0.6) is 5.75 Å². The minimum atomic E-state index is -0.201. The number of pyridine rings is 1. The van der Waals surface area contributed by atoms with Crippen molar-refractivity contribution >= 4 is 5.91 Å². The van der Waals surface area contributed by atoms with Gasteiger partial charge in [0.2, 0.25) is 5.91 Å². The second-order valence-corrected chi connectivity index (χ2v) is 5.20. The fourth-order valence-corrected chi connectivity index (χ4v) is 2.49. The quantitative estimate of drug-likeness (QED) is 0.832. The maximum absolute atomic E-state index is 12.0. The third-order valence-corrected chi connectivity index (χ3v) is 3.64. The minimum absolute atomic E-state index is 0.105. The first-order valence-corrected chi connectivity index (χ1v) is 7.52. The molecule has 1 aliphatic heterocycles. The molecular formula is C15H23N3O3. The molecule has 116 valence electrons. The smallest absolute Gasteiger partial charge is 0.292 e. The minimum Gasteiger partial charge on any atom is -0.487 e. The number of carbonyl (C=O) groups excluding carboxylic acids is 1. The van der Waals surface area contributed by atoms with Gasteiger partial charge >= 0.3 is 0 Å². The van der Waals surface area contributed by atoms with E-state index < -0.39 is 0 Å². The molecule has 1 amide bonds. The van der Waals surface area contributed by atoms with E-state index in [1.165, 1.54) is 11.0 Å². The van der Waals surface area contributed by atoms with Gasteiger partial charge in [0.15, 0.2) is 5.75 Å². The van der Waals surface area contributed by atoms with Crippen LogP contribution in [0.25, 0.3) is 0 Å². The molecular weight excluding hydrogens is 270 g/mol. The summed E-state index contributed by atoms with van der Waals surface area (Å²) >= 11 is 0. The Kier molecular flexibility index (Phi) is 5.80. The average molecular weight is 293 g/mol. The number of amides is 1. The Bertz CT molecular complexity index is 521. The van der Waals surface area contributed by atoms with Gasteiger partial charge in [0, 0.05) is 32.4 Å². The Morgan fingerprint density at radius 2 is 2.05 bits per heavy atom. The fourth-order valence-electron chi connectivity index (χ4n) is 2.49. The van der Waals surface area contributed by atoms with Gasteiger partial charge in [-0.25, -0.2) is 0 Å². The Hall–Kier alpha value is -1.82. The summed E-state index contributed by atoms with van der Waals surface area (Å²) in [6, 6.07) is 3.37. The van der Waals surface area contributed by atoms with Crippen molar-refractivity contribution in [2.75, 3.05) is 26.2 Å². The lowest BCUT2D eigenvalue weighted by Crippen LogP contribution is -2.36. The van der Waals surface area contributed by atoms with E-state index in [0.717, 1.165) is 25.9 Å². The van der Waals surface area contributed by atoms with Crippen molar-refractivity contribution in [1.29, 1.82) is 0 Å². The van der Waals surface area contributed by atoms with Crippen LogP contribution in [0.1, 0.15) is 25.7 Å². The zero-order valence-electron chi connectivity index (χ0n) is 12.3. The van der Waals surface area contributed by atoms with Crippen LogP contribution in [0.2, 0.25) is 0 Å². The molecule has 0 aromatic carbocycles. The number of hydrogen-bond acceptors (Lipinski definition) is 4. The number of hydrogen-bond donors (Lipinski definition) is 1. The predicted molar refractivity (Wildman–Crippen MR) is 80.3 cm³/mol. The SMILES string of the molecule is NCCn1cccc(OCCC(=O)N2CCCCC2)c1=O. The summed E-state index contributed by atoms with van der Waals surface area (Å²) in [6.45, 7) is 2.78. The zero-order valence-corrected chi connectivity index (χ0v) is 12.3. The molecule has 0 aliphatic carbocycles. The summed E-state index contributed by atoms with van der Waals surface area (Å²) in [5, 5.41) is 0. The third kappa shape index (κ3) is 4.32. The van der Waals surface area contributed by atoms with Crippen LogP contribution in [0, 0.1) is 0 Å². The van der Waals surface area contributed by atoms with Crippen LogP contribution in [0.3, 0.4) is 0 Å². The van der Waals surface area contributed by atoms with E-state index in [0.29, 0.717) is 19.5 Å². The number of rotatable bonds is 6. The van der Waals surface area contributed by atoms with Gasteiger partial charge in [0.05, 0.1) is 13.0 Å². The first-order chi connectivity index (χ1) is 10.2. The van der Waals surface area contributed by atoms with Crippen molar-refractivity contribution in [2.45, 2.75) is 32.2 Å². The summed E-state index contributed by atoms with van der Waals surface area (Å²) < 4.78 is 6.98. The van der Waals surface area contributed by atoms with Gasteiger partial charge in [-0.2, -0.15) is 0 Å². The van der Waals surface area contributed by atoms with E-state index in [4.69, 9.17) is 10.5 Å². The lowest BCUT2D eigenvalue weighted by atomic mass is 10.1. The van der Waals surface area contributed by atoms with Crippen LogP contribution in [0.4, 0.5) is 0 Å². The van der Waals surface area contributed by atoms with Crippen molar-refractivity contribution in [2.24, 2.45) is 5.73 Å². The molecule has 1 aromatic heterocycles. The second-order valence-electron chi connectivity index (χ2n) is 5.20. The first kappa shape index (κ1) is 15.6. The van der Waals surface area contributed by atoms with Gasteiger partial charge in [-0.1, -0.05) is 0 Å². The molecule has 1 aromatic rings. The van der Waals surface area contributed by atoms with E-state index in [2.05, 4.69) is 0 Å². The molecule has 2 heterocycles. The Labute approximate surface area is 124 Å². The Morgan fingerprint density at radius 1 is 1.29 bits per heavy atom. The highest BCUT2D eigenvalue weighted by Crippen LogP contribution is 2.10. The molecule has 0 spiro atoms. The summed E-state index contributed by atoms with van der Waals surface area (Å²) in [4.78, 5) is 25.9. The number of nitrogens with zero attached hydrogens (tertiary/aromatic N) is 2. The highest BCUT2D eigenvalue weighted by atomic mass is 16.5. The van der Waals surface area contributed by atoms with Crippen LogP contribution in [-0.2, 0) is 11.3 Å². The van der Waals surface area contributed by atoms with Gasteiger partial charge < -0.3 is 19.9 Å². The molecule has 0 saturated carbocycles. The molecule has 6 heteroatoms. The Morgan fingerprint density at radius 3 is 2.76 bits per heavy atom. The largest absolute Gasteiger partial charge is 0.487 e. The van der Waals surface area contributed by atoms with Crippen LogP contribution >= 0.6 is 0 Å². The van der Waals surface area contributed by atoms with Crippen LogP contribution < -0.4 is 16.0 Å². The van der Waals surface area contributed by atoms with E-state index in [9.17, 15) is 9.59 Å². The standard InChI is InChI=1S/C15H23N3O3/c16-7-11-18-10-4-5-13(15(18)20)21-12-6-14(19)17-8-2-1-3-9-17/h4-5,10H,1-3,6-9,11-12,16H2. The number of carbonyl (C=O) groups is 1. The number of nitrogens with two attached hydrogens (primary N) is 1. The molecule has 0 bridgehead atoms. The van der Waals surface area contributed by atoms with E-state index >= 15 is 0 Å². The van der Waals surface area contributed by atoms with Crippen molar-refractivity contribution in [1.82, 2.24) is 9.47 Å². The maximum Gasteiger partial charge on any atom is 0.292 e. The Balaban J connectivity index is 1.84. The third-order valence-electron chi connectivity index (χ3n) is 3.64. The van der Waals surface area contributed by atoms with Gasteiger partial charge in [-0.15, -0.1) is 0 Å². The van der Waals surface area contributed by atoms with Crippen molar-refractivity contribution in [3.8, 4) is 5.75 Å². The van der Waals surface area contributed by atoms with Gasteiger partial charge in [-0.3, -0.25) is 9.59 Å². The summed E-state index contributed by atoms with van der Waals surface area (Å²) in [6.07, 6.45) is 5.35. The monoisotopic (exact) mass is 293 g/mol. The summed E-state index contributed by atoms with van der Waals surface area (Å²) in [7, 11) is 0. The number of ether oxygens (including phenoxy) is 1. The molecule has 2 N–H and O–H groups in total. The number of piperidine rings is 1. The molecule has 2 rings (SSSR count). The van der Waals surface area contributed by atoms with E-state index in [1.54, 1.807) is 18.3 Å². The van der Waals surface area contributed by atoms with Crippen molar-refractivity contribution < 1.29 is 9.53 Å². The van der Waals surface area contributed by atoms with Crippen LogP contribution in [0.15, 0.2) is 23.1 Å². The number of likely N-dealkylation sites (tertiary alicyclic amines) is 1. The highest BCUT2D eigenvalue weighted by Gasteiger charge is 2.16. The lowest BCUT2D eigenvalue weighted by molar-refractivity contribution is -0.132. The second kappa shape index (κ2) is 7.83. The average Bonchev–Trinajstić information content (AvgIpc) is 2.52. The van der Waals surface area contributed by atoms with E-state index in [1.807, 2.05) is 4.90 Å². The van der Waals surface area contributed by atoms with E-state index in [-0.39, 0.29) is 23.8 Å². The molecule has 1 aliphatic rings. The highest BCUT2D eigenvalue weighted by molar-refractivity contribution is 5.76. The van der Waals surface area contributed by atoms with Crippen molar-refractivity contribution in [3.05, 3.63) is 28.7 Å². The molecule has 0 atom stereocenters. The van der Waals surface area contributed by atoms with Crippen molar-refractivity contribution in [3.63, 3.8) is 0 Å². The zero-order chi connectivity index (χ0) is 15.1. The van der Waals surface area contributed by atoms with Crippen LogP contribution in [-0.4, -0.2) is 41.6 Å². The first-order valence-electron chi connectivity index (χ1n) is 7.52. The van der Waals surface area contributed by atoms with Gasteiger partial charge in [0.25, 0.3) is 5.56 Å². The normalized spacial score (nSPS) is 15.0. The molecule has 0 unspecified atom stereocenters. The van der Waals surface area contributed by atoms with Gasteiger partial charge in [0.1, 0.15) is 0 Å². The summed E-state index contributed by atoms with van der Waals surface area (Å²) in [5.74, 6) is 0.380. The predicted octanol–water partition coefficient (Wildman–Crippen LogP) is 0.588. The topological polar surface area (TPSA) is 77.6 Å². The summed E-state index contributed by atoms with van der Waals surface area (Å²) in [5.41, 5.74) is 5.25. The molecule has 21 heavy (non-hydrogen) atoms. The lowest BCUT2D eigenvalue weighted by Gasteiger charge is -2.26. The fraction of sp³-hybridized carbons (Fsp3) is 0.600. The number of aromatic nitrogens is 1. The molecule has 1 fully saturated rings. The maximum atomic E-state index is 12.0. The molecule has 1 saturated heterocycles. The van der Waals surface area contributed by atoms with Gasteiger partial charge in [-0.05, 0) is 31.4 Å². The molecule has 6 nitrogen and oxygen atoms in total. The molecule has 0 radical (unpaired) electrons.